The number of carbonyl (C=O) groups excluding carboxylic acids is 1. The lowest BCUT2D eigenvalue weighted by molar-refractivity contribution is -0.138. The molecule has 2 aliphatic rings. The molecule has 0 unspecified atom stereocenters. The maximum Gasteiger partial charge on any atom is 0.303 e. The van der Waals surface area contributed by atoms with Crippen molar-refractivity contribution in [3.05, 3.63) is 71.3 Å². The van der Waals surface area contributed by atoms with Crippen molar-refractivity contribution in [3.8, 4) is 34.1 Å². The fourth-order valence-corrected chi connectivity index (χ4v) is 5.24. The van der Waals surface area contributed by atoms with Gasteiger partial charge in [0.2, 0.25) is 6.79 Å². The number of fused-ring (bicyclic) bond motifs is 1. The minimum absolute atomic E-state index is 0.0258. The molecule has 1 saturated heterocycles. The minimum atomic E-state index is -0.944. The molecule has 2 heterocycles. The van der Waals surface area contributed by atoms with Gasteiger partial charge in [-0.25, -0.2) is 0 Å². The average molecular weight is 605 g/mol. The van der Waals surface area contributed by atoms with E-state index in [0.717, 1.165) is 36.2 Å². The van der Waals surface area contributed by atoms with E-state index in [4.69, 9.17) is 24.1 Å². The van der Waals surface area contributed by atoms with Gasteiger partial charge in [0.15, 0.2) is 11.5 Å². The Kier molecular flexibility index (Phi) is 10.2. The van der Waals surface area contributed by atoms with E-state index in [1.807, 2.05) is 41.3 Å². The van der Waals surface area contributed by atoms with Crippen molar-refractivity contribution in [2.45, 2.75) is 38.7 Å². The number of hydrogen-bond donors (Lipinski definition) is 3. The molecule has 3 aromatic carbocycles. The number of nitrogens with one attached hydrogen (secondary N) is 1. The number of carbonyl (C=O) groups is 3. The lowest BCUT2D eigenvalue weighted by Gasteiger charge is -2.21. The summed E-state index contributed by atoms with van der Waals surface area (Å²) in [5.74, 6) is 0.332. The van der Waals surface area contributed by atoms with Gasteiger partial charge >= 0.3 is 11.9 Å². The predicted octanol–water partition coefficient (Wildman–Crippen LogP) is 4.36. The molecule has 0 atom stereocenters. The van der Waals surface area contributed by atoms with Crippen LogP contribution in [0.4, 0.5) is 0 Å². The smallest absolute Gasteiger partial charge is 0.303 e. The first-order valence-corrected chi connectivity index (χ1v) is 14.7. The average Bonchev–Trinajstić information content (AvgIpc) is 3.32. The van der Waals surface area contributed by atoms with Gasteiger partial charge in [-0.1, -0.05) is 18.2 Å². The number of rotatable bonds is 13. The summed E-state index contributed by atoms with van der Waals surface area (Å²) in [7, 11) is 0. The zero-order valence-corrected chi connectivity index (χ0v) is 24.4. The van der Waals surface area contributed by atoms with Gasteiger partial charge in [0, 0.05) is 43.6 Å². The first-order chi connectivity index (χ1) is 21.4. The van der Waals surface area contributed by atoms with Crippen molar-refractivity contribution in [1.29, 1.82) is 0 Å². The molecule has 0 spiro atoms. The number of amides is 1. The lowest BCUT2D eigenvalue weighted by atomic mass is 10.0. The van der Waals surface area contributed by atoms with E-state index < -0.39 is 11.9 Å². The number of nitrogens with zero attached hydrogens (tertiary/aromatic N) is 1. The van der Waals surface area contributed by atoms with Crippen molar-refractivity contribution in [2.75, 3.05) is 39.6 Å². The van der Waals surface area contributed by atoms with E-state index in [1.165, 1.54) is 0 Å². The maximum atomic E-state index is 13.7. The molecule has 1 fully saturated rings. The largest absolute Gasteiger partial charge is 0.493 e. The number of hydrogen-bond acceptors (Lipinski definition) is 8. The number of carboxylic acid groups (broad SMARTS) is 2. The second kappa shape index (κ2) is 14.6. The molecule has 3 N–H and O–H groups in total. The molecule has 0 aliphatic carbocycles. The van der Waals surface area contributed by atoms with Gasteiger partial charge in [0.1, 0.15) is 18.1 Å². The van der Waals surface area contributed by atoms with Gasteiger partial charge in [-0.15, -0.1) is 0 Å². The van der Waals surface area contributed by atoms with Gasteiger partial charge in [-0.2, -0.15) is 0 Å². The Labute approximate surface area is 255 Å². The van der Waals surface area contributed by atoms with Crippen LogP contribution in [0.25, 0.3) is 11.1 Å². The summed E-state index contributed by atoms with van der Waals surface area (Å²) < 4.78 is 23.2. The van der Waals surface area contributed by atoms with Gasteiger partial charge in [-0.05, 0) is 78.9 Å². The van der Waals surface area contributed by atoms with Crippen molar-refractivity contribution >= 4 is 17.8 Å². The fraction of sp³-hybridized carbons (Fsp3) is 0.364. The molecule has 2 aliphatic heterocycles. The Morgan fingerprint density at radius 2 is 1.70 bits per heavy atom. The molecule has 5 rings (SSSR count). The van der Waals surface area contributed by atoms with E-state index in [9.17, 15) is 19.5 Å². The van der Waals surface area contributed by atoms with Crippen LogP contribution < -0.4 is 24.3 Å². The van der Waals surface area contributed by atoms with Crippen molar-refractivity contribution in [3.63, 3.8) is 0 Å². The van der Waals surface area contributed by atoms with Crippen LogP contribution >= 0.6 is 0 Å². The zero-order valence-electron chi connectivity index (χ0n) is 24.4. The van der Waals surface area contributed by atoms with Gasteiger partial charge < -0.3 is 39.4 Å². The van der Waals surface area contributed by atoms with Crippen LogP contribution in [0, 0.1) is 0 Å². The third-order valence-electron chi connectivity index (χ3n) is 7.49. The molecule has 3 aromatic rings. The Balaban J connectivity index is 1.42. The quantitative estimate of drug-likeness (QED) is 0.241. The molecule has 0 aromatic heterocycles. The van der Waals surface area contributed by atoms with Crippen LogP contribution in [0.5, 0.6) is 23.0 Å². The molecule has 0 radical (unpaired) electrons. The van der Waals surface area contributed by atoms with Crippen molar-refractivity contribution in [1.82, 2.24) is 10.2 Å². The van der Waals surface area contributed by atoms with Crippen LogP contribution in [0.1, 0.15) is 47.2 Å². The van der Waals surface area contributed by atoms with Crippen LogP contribution in [0.15, 0.2) is 54.6 Å². The monoisotopic (exact) mass is 604 g/mol. The Morgan fingerprint density at radius 1 is 0.864 bits per heavy atom. The highest BCUT2D eigenvalue weighted by Crippen LogP contribution is 2.37. The summed E-state index contributed by atoms with van der Waals surface area (Å²) in [6, 6.07) is 16.5. The summed E-state index contributed by atoms with van der Waals surface area (Å²) in [4.78, 5) is 37.8. The molecule has 11 nitrogen and oxygen atoms in total. The van der Waals surface area contributed by atoms with E-state index in [2.05, 4.69) is 5.32 Å². The Bertz CT molecular complexity index is 1500. The minimum Gasteiger partial charge on any atom is -0.493 e. The summed E-state index contributed by atoms with van der Waals surface area (Å²) >= 11 is 0. The molecular formula is C33H36N2O9. The third kappa shape index (κ3) is 7.99. The number of carboxylic acids is 2. The van der Waals surface area contributed by atoms with E-state index in [-0.39, 0.29) is 45.2 Å². The molecule has 11 heteroatoms. The maximum absolute atomic E-state index is 13.7. The van der Waals surface area contributed by atoms with Gasteiger partial charge in [-0.3, -0.25) is 14.4 Å². The molecule has 232 valence electrons. The van der Waals surface area contributed by atoms with E-state index >= 15 is 0 Å². The number of aliphatic carboxylic acids is 2. The van der Waals surface area contributed by atoms with Crippen molar-refractivity contribution < 1.29 is 43.5 Å². The molecule has 0 bridgehead atoms. The normalized spacial score (nSPS) is 14.1. The predicted molar refractivity (Wildman–Crippen MR) is 160 cm³/mol. The molecule has 0 saturated carbocycles. The number of ether oxygens (including phenoxy) is 4. The highest BCUT2D eigenvalue weighted by Gasteiger charge is 2.21. The molecular weight excluding hydrogens is 568 g/mol. The molecule has 1 amide bonds. The second-order valence-electron chi connectivity index (χ2n) is 10.6. The standard InChI is InChI=1S/C33H36N2O9/c36-31(37)6-2-15-41-28-5-1-4-23(27(28)8-10-32(38)39)20-42-26-17-24(22-7-9-29-30(19-22)44-21-43-29)16-25(18-26)33(40)35-13-3-11-34-12-14-35/h1,4-5,7,9,16-19,34H,2-3,6,8,10-15,20-21H2,(H,36,37)(H,38,39). The Morgan fingerprint density at radius 3 is 2.55 bits per heavy atom. The van der Waals surface area contributed by atoms with Crippen LogP contribution in [0.2, 0.25) is 0 Å². The summed E-state index contributed by atoms with van der Waals surface area (Å²) in [6.45, 7) is 3.30. The summed E-state index contributed by atoms with van der Waals surface area (Å²) in [6.07, 6.45) is 1.27. The lowest BCUT2D eigenvalue weighted by Crippen LogP contribution is -2.34. The first kappa shape index (κ1) is 30.7. The molecule has 44 heavy (non-hydrogen) atoms. The number of benzene rings is 3. The Hall–Kier alpha value is -4.77. The van der Waals surface area contributed by atoms with Crippen LogP contribution in [-0.4, -0.2) is 72.5 Å². The van der Waals surface area contributed by atoms with Crippen LogP contribution in [-0.2, 0) is 22.6 Å². The topological polar surface area (TPSA) is 144 Å². The fourth-order valence-electron chi connectivity index (χ4n) is 5.24. The highest BCUT2D eigenvalue weighted by molar-refractivity contribution is 5.96. The summed E-state index contributed by atoms with van der Waals surface area (Å²) in [5, 5.41) is 21.6. The van der Waals surface area contributed by atoms with E-state index in [0.29, 0.717) is 53.6 Å². The van der Waals surface area contributed by atoms with Crippen LogP contribution in [0.3, 0.4) is 0 Å². The van der Waals surface area contributed by atoms with Gasteiger partial charge in [0.05, 0.1) is 6.61 Å². The van der Waals surface area contributed by atoms with Crippen molar-refractivity contribution in [2.24, 2.45) is 0 Å². The zero-order chi connectivity index (χ0) is 30.9. The second-order valence-corrected chi connectivity index (χ2v) is 10.6. The SMILES string of the molecule is O=C(O)CCCOc1cccc(COc2cc(C(=O)N3CCCNCC3)cc(-c3ccc4c(c3)OCO4)c2)c1CCC(=O)O. The highest BCUT2D eigenvalue weighted by atomic mass is 16.7. The van der Waals surface area contributed by atoms with E-state index in [1.54, 1.807) is 18.2 Å². The first-order valence-electron chi connectivity index (χ1n) is 14.7. The van der Waals surface area contributed by atoms with Gasteiger partial charge in [0.25, 0.3) is 5.91 Å². The summed E-state index contributed by atoms with van der Waals surface area (Å²) in [5.41, 5.74) is 3.54. The third-order valence-corrected chi connectivity index (χ3v) is 7.49.